The monoisotopic (exact) mass is 719 g/mol. The number of carbonyl (C=O) groups excluding carboxylic acids is 5. The summed E-state index contributed by atoms with van der Waals surface area (Å²) in [5, 5.41) is 11.1. The van der Waals surface area contributed by atoms with E-state index in [9.17, 15) is 32.4 Å². The molecule has 0 spiro atoms. The molecule has 2 aliphatic heterocycles. The van der Waals surface area contributed by atoms with Gasteiger partial charge in [-0.05, 0) is 83.5 Å². The molecular formula is C37H61N5O7S. The third kappa shape index (κ3) is 7.58. The number of nitrogens with zero attached hydrogens (tertiary/aromatic N) is 1. The first kappa shape index (κ1) is 38.5. The van der Waals surface area contributed by atoms with Crippen molar-refractivity contribution in [2.75, 3.05) is 6.54 Å². The van der Waals surface area contributed by atoms with E-state index in [2.05, 4.69) is 35.1 Å². The second-order valence-corrected chi connectivity index (χ2v) is 20.2. The predicted molar refractivity (Wildman–Crippen MR) is 191 cm³/mol. The molecule has 5 amide bonds. The van der Waals surface area contributed by atoms with E-state index in [4.69, 9.17) is 0 Å². The molecule has 0 bridgehead atoms. The van der Waals surface area contributed by atoms with Crippen LogP contribution in [0.3, 0.4) is 0 Å². The molecule has 3 saturated carbocycles. The summed E-state index contributed by atoms with van der Waals surface area (Å²) < 4.78 is 26.1. The lowest BCUT2D eigenvalue weighted by Crippen LogP contribution is -2.68. The van der Waals surface area contributed by atoms with Gasteiger partial charge in [0.05, 0.1) is 21.6 Å². The van der Waals surface area contributed by atoms with Gasteiger partial charge in [0, 0.05) is 12.6 Å². The smallest absolute Gasteiger partial charge is 0.315 e. The maximum atomic E-state index is 14.5. The van der Waals surface area contributed by atoms with Crippen molar-refractivity contribution >= 4 is 39.4 Å². The molecule has 5 fully saturated rings. The number of hydrogen-bond donors (Lipinski definition) is 4. The number of Topliss-reactive ketones (excluding diaryl/α,β-unsaturated/α-hetero) is 1. The van der Waals surface area contributed by atoms with Crippen LogP contribution in [-0.2, 0) is 29.0 Å². The number of hydrogen-bond acceptors (Lipinski definition) is 7. The molecule has 2 heterocycles. The second kappa shape index (κ2) is 14.7. The fourth-order valence-corrected chi connectivity index (χ4v) is 11.1. The van der Waals surface area contributed by atoms with E-state index in [1.165, 1.54) is 0 Å². The highest BCUT2D eigenvalue weighted by atomic mass is 32.2. The van der Waals surface area contributed by atoms with E-state index in [0.29, 0.717) is 45.1 Å². The van der Waals surface area contributed by atoms with Crippen molar-refractivity contribution in [3.05, 3.63) is 0 Å². The molecule has 5 aliphatic rings. The average molecular weight is 720 g/mol. The lowest BCUT2D eigenvalue weighted by Gasteiger charge is -2.49. The van der Waals surface area contributed by atoms with Crippen LogP contribution in [0.25, 0.3) is 0 Å². The number of fused-ring (bicyclic) bond motifs is 3. The molecule has 13 heteroatoms. The summed E-state index contributed by atoms with van der Waals surface area (Å²) in [4.78, 5) is 70.2. The van der Waals surface area contributed by atoms with Crippen LogP contribution in [0.5, 0.6) is 0 Å². The van der Waals surface area contributed by atoms with E-state index in [0.717, 1.165) is 57.8 Å². The van der Waals surface area contributed by atoms with Gasteiger partial charge < -0.3 is 26.2 Å². The maximum absolute atomic E-state index is 14.5. The number of rotatable bonds is 8. The fraction of sp³-hybridized carbons (Fsp3) is 0.865. The van der Waals surface area contributed by atoms with Crippen molar-refractivity contribution in [2.45, 2.75) is 178 Å². The van der Waals surface area contributed by atoms with Crippen molar-refractivity contribution in [3.63, 3.8) is 0 Å². The highest BCUT2D eigenvalue weighted by molar-refractivity contribution is 7.93. The summed E-state index contributed by atoms with van der Waals surface area (Å²) in [5.41, 5.74) is -1.18. The third-order valence-corrected chi connectivity index (χ3v) is 16.0. The van der Waals surface area contributed by atoms with Crippen molar-refractivity contribution in [1.82, 2.24) is 26.2 Å². The first-order valence-corrected chi connectivity index (χ1v) is 20.8. The van der Waals surface area contributed by atoms with Crippen LogP contribution in [0, 0.1) is 17.3 Å². The zero-order valence-electron chi connectivity index (χ0n) is 31.1. The second-order valence-electron chi connectivity index (χ2n) is 17.2. The Morgan fingerprint density at radius 3 is 2.04 bits per heavy atom. The van der Waals surface area contributed by atoms with Gasteiger partial charge in [0.25, 0.3) is 5.91 Å². The Labute approximate surface area is 298 Å². The van der Waals surface area contributed by atoms with Crippen molar-refractivity contribution in [2.24, 2.45) is 17.3 Å². The third-order valence-electron chi connectivity index (χ3n) is 12.9. The summed E-state index contributed by atoms with van der Waals surface area (Å²) in [6, 6.07) is -3.28. The molecule has 50 heavy (non-hydrogen) atoms. The lowest BCUT2D eigenvalue weighted by molar-refractivity contribution is -0.144. The minimum Gasteiger partial charge on any atom is -0.347 e. The van der Waals surface area contributed by atoms with Gasteiger partial charge in [-0.2, -0.15) is 0 Å². The topological polar surface area (TPSA) is 171 Å². The SMILES string of the molecule is CC(C)S(=O)(=O)C(C)(C)C1(NC(=O)N[C@H]2CCCCCCCC[C@@H](C(=O)C(=O)NC3CC3)NC(=O)[C@@H]3[C@@H]4[C@H](CN3C2=O)C4(C)C)CCCCC1. The van der Waals surface area contributed by atoms with Crippen LogP contribution in [0.15, 0.2) is 0 Å². The number of sulfone groups is 1. The molecule has 2 saturated heterocycles. The van der Waals surface area contributed by atoms with E-state index >= 15 is 0 Å². The molecule has 5 atom stereocenters. The standard InChI is InChI=1S/C37H61N5O7S/c1-23(2)50(48,49)36(5,6)37(20-14-11-15-21-37)41-34(47)40-27-17-13-10-8-7-9-12-16-26(30(43)32(45)38-24-18-19-24)39-31(44)29-28-25(35(28,3)4)22-42(29)33(27)46/h23-29H,7-22H2,1-6H3,(H,38,45)(H,39,44)(H2,40,41,47)/t25-,26-,27-,28-,29-/m0/s1. The van der Waals surface area contributed by atoms with Gasteiger partial charge in [-0.15, -0.1) is 0 Å². The van der Waals surface area contributed by atoms with Crippen LogP contribution in [0.2, 0.25) is 0 Å². The molecule has 12 nitrogen and oxygen atoms in total. The van der Waals surface area contributed by atoms with Crippen LogP contribution < -0.4 is 21.3 Å². The first-order valence-electron chi connectivity index (χ1n) is 19.2. The number of piperidine rings is 1. The summed E-state index contributed by atoms with van der Waals surface area (Å²) in [6.07, 6.45) is 10.9. The number of ketones is 1. The zero-order valence-corrected chi connectivity index (χ0v) is 31.9. The van der Waals surface area contributed by atoms with Gasteiger partial charge in [0.2, 0.25) is 17.6 Å². The molecule has 0 radical (unpaired) electrons. The highest BCUT2D eigenvalue weighted by Crippen LogP contribution is 2.65. The molecule has 0 aromatic carbocycles. The summed E-state index contributed by atoms with van der Waals surface area (Å²) >= 11 is 0. The van der Waals surface area contributed by atoms with Gasteiger partial charge >= 0.3 is 6.03 Å². The van der Waals surface area contributed by atoms with Gasteiger partial charge in [-0.1, -0.05) is 71.6 Å². The Balaban J connectivity index is 1.38. The molecule has 3 aliphatic carbocycles. The summed E-state index contributed by atoms with van der Waals surface area (Å²) in [6.45, 7) is 11.3. The maximum Gasteiger partial charge on any atom is 0.315 e. The molecule has 282 valence electrons. The molecular weight excluding hydrogens is 659 g/mol. The van der Waals surface area contributed by atoms with Crippen molar-refractivity contribution in [1.29, 1.82) is 0 Å². The fourth-order valence-electron chi connectivity index (χ4n) is 9.15. The van der Waals surface area contributed by atoms with Gasteiger partial charge in [-0.3, -0.25) is 19.2 Å². The number of carbonyl (C=O) groups is 5. The van der Waals surface area contributed by atoms with Gasteiger partial charge in [0.15, 0.2) is 9.84 Å². The van der Waals surface area contributed by atoms with Crippen molar-refractivity contribution < 1.29 is 32.4 Å². The molecule has 0 aromatic rings. The summed E-state index contributed by atoms with van der Waals surface area (Å²) in [7, 11) is -3.62. The first-order chi connectivity index (χ1) is 23.4. The largest absolute Gasteiger partial charge is 0.347 e. The van der Waals surface area contributed by atoms with E-state index in [1.807, 2.05) is 0 Å². The Morgan fingerprint density at radius 2 is 1.44 bits per heavy atom. The van der Waals surface area contributed by atoms with Crippen LogP contribution in [-0.4, -0.2) is 89.1 Å². The minimum atomic E-state index is -3.62. The minimum absolute atomic E-state index is 0.0145. The lowest BCUT2D eigenvalue weighted by atomic mass is 9.73. The Kier molecular flexibility index (Phi) is 11.4. The predicted octanol–water partition coefficient (Wildman–Crippen LogP) is 3.91. The van der Waals surface area contributed by atoms with Crippen molar-refractivity contribution in [3.8, 4) is 0 Å². The van der Waals surface area contributed by atoms with Crippen LogP contribution in [0.1, 0.15) is 138 Å². The van der Waals surface area contributed by atoms with Crippen LogP contribution in [0.4, 0.5) is 4.79 Å². The van der Waals surface area contributed by atoms with E-state index in [-0.39, 0.29) is 29.2 Å². The summed E-state index contributed by atoms with van der Waals surface area (Å²) in [5.74, 6) is -2.12. The van der Waals surface area contributed by atoms with E-state index < -0.39 is 67.1 Å². The van der Waals surface area contributed by atoms with Crippen LogP contribution >= 0.6 is 0 Å². The molecule has 0 aromatic heterocycles. The highest BCUT2D eigenvalue weighted by Gasteiger charge is 2.69. The average Bonchev–Trinajstić information content (AvgIpc) is 3.91. The van der Waals surface area contributed by atoms with Gasteiger partial charge in [-0.25, -0.2) is 13.2 Å². The number of amides is 5. The molecule has 5 rings (SSSR count). The Morgan fingerprint density at radius 1 is 0.860 bits per heavy atom. The Hall–Kier alpha value is -2.70. The number of nitrogens with one attached hydrogen (secondary N) is 4. The molecule has 0 unspecified atom stereocenters. The molecule has 4 N–H and O–H groups in total. The Bertz CT molecular complexity index is 1430. The quantitative estimate of drug-likeness (QED) is 0.276. The van der Waals surface area contributed by atoms with E-state index in [1.54, 1.807) is 32.6 Å². The normalized spacial score (nSPS) is 30.5. The number of urea groups is 1. The van der Waals surface area contributed by atoms with Gasteiger partial charge in [0.1, 0.15) is 12.1 Å². The zero-order chi connectivity index (χ0) is 36.6.